The van der Waals surface area contributed by atoms with Crippen molar-refractivity contribution in [2.24, 2.45) is 0 Å². The van der Waals surface area contributed by atoms with Gasteiger partial charge in [0.1, 0.15) is 5.25 Å². The molecule has 3 saturated heterocycles. The zero-order valence-corrected chi connectivity index (χ0v) is 14.6. The third kappa shape index (κ3) is 3.50. The molecule has 0 spiro atoms. The first-order valence-electron chi connectivity index (χ1n) is 8.93. The standard InChI is InChI=1S/C16H30N2O3S/c1-14-16(8-12-21-14)22(19,20)18-11-6-7-15(13-18)17-9-4-2-3-5-10-17/h14-16H,2-13H2,1H3/t14-,15+,16+/m0/s1. The lowest BCUT2D eigenvalue weighted by Gasteiger charge is -2.39. The number of nitrogens with zero attached hydrogens (tertiary/aromatic N) is 2. The molecule has 0 aromatic carbocycles. The topological polar surface area (TPSA) is 49.9 Å². The number of ether oxygens (including phenoxy) is 1. The Balaban J connectivity index is 1.66. The summed E-state index contributed by atoms with van der Waals surface area (Å²) in [6, 6.07) is 0.416. The van der Waals surface area contributed by atoms with Gasteiger partial charge in [0.25, 0.3) is 0 Å². The number of piperidine rings is 1. The van der Waals surface area contributed by atoms with Crippen LogP contribution >= 0.6 is 0 Å². The highest BCUT2D eigenvalue weighted by Gasteiger charge is 2.41. The molecule has 0 aromatic heterocycles. The summed E-state index contributed by atoms with van der Waals surface area (Å²) in [5.41, 5.74) is 0. The Bertz CT molecular complexity index is 460. The molecule has 3 fully saturated rings. The molecule has 5 nitrogen and oxygen atoms in total. The first kappa shape index (κ1) is 16.7. The monoisotopic (exact) mass is 330 g/mol. The summed E-state index contributed by atoms with van der Waals surface area (Å²) >= 11 is 0. The molecule has 0 unspecified atom stereocenters. The molecule has 22 heavy (non-hydrogen) atoms. The summed E-state index contributed by atoms with van der Waals surface area (Å²) in [7, 11) is -3.21. The number of hydrogen-bond donors (Lipinski definition) is 0. The molecule has 3 aliphatic heterocycles. The van der Waals surface area contributed by atoms with Crippen LogP contribution < -0.4 is 0 Å². The van der Waals surface area contributed by atoms with Crippen molar-refractivity contribution in [3.63, 3.8) is 0 Å². The summed E-state index contributed by atoms with van der Waals surface area (Å²) in [6.45, 7) is 6.13. The quantitative estimate of drug-likeness (QED) is 0.792. The maximum Gasteiger partial charge on any atom is 0.219 e. The SMILES string of the molecule is C[C@@H]1OCC[C@H]1S(=O)(=O)N1CCC[C@@H](N2CCCCCC2)C1. The first-order valence-corrected chi connectivity index (χ1v) is 10.4. The van der Waals surface area contributed by atoms with E-state index in [2.05, 4.69) is 4.90 Å². The maximum atomic E-state index is 12.9. The number of likely N-dealkylation sites (tertiary alicyclic amines) is 1. The van der Waals surface area contributed by atoms with Crippen molar-refractivity contribution in [2.75, 3.05) is 32.8 Å². The molecule has 0 radical (unpaired) electrons. The van der Waals surface area contributed by atoms with Crippen LogP contribution in [-0.4, -0.2) is 67.8 Å². The Morgan fingerprint density at radius 3 is 2.32 bits per heavy atom. The van der Waals surface area contributed by atoms with Gasteiger partial charge in [0, 0.05) is 25.7 Å². The van der Waals surface area contributed by atoms with Crippen LogP contribution in [0.2, 0.25) is 0 Å². The van der Waals surface area contributed by atoms with E-state index >= 15 is 0 Å². The normalized spacial score (nSPS) is 36.3. The molecule has 3 rings (SSSR count). The Labute approximate surface area is 135 Å². The van der Waals surface area contributed by atoms with Gasteiger partial charge < -0.3 is 4.74 Å². The van der Waals surface area contributed by atoms with Crippen LogP contribution in [0.1, 0.15) is 51.9 Å². The van der Waals surface area contributed by atoms with E-state index < -0.39 is 10.0 Å². The van der Waals surface area contributed by atoms with Crippen LogP contribution in [0.15, 0.2) is 0 Å². The van der Waals surface area contributed by atoms with Gasteiger partial charge in [0.15, 0.2) is 0 Å². The summed E-state index contributed by atoms with van der Waals surface area (Å²) < 4.78 is 33.1. The summed E-state index contributed by atoms with van der Waals surface area (Å²) in [4.78, 5) is 2.54. The van der Waals surface area contributed by atoms with Gasteiger partial charge >= 0.3 is 0 Å². The van der Waals surface area contributed by atoms with Crippen LogP contribution in [0, 0.1) is 0 Å². The predicted octanol–water partition coefficient (Wildman–Crippen LogP) is 1.83. The van der Waals surface area contributed by atoms with Gasteiger partial charge in [-0.25, -0.2) is 12.7 Å². The van der Waals surface area contributed by atoms with Crippen molar-refractivity contribution in [3.8, 4) is 0 Å². The maximum absolute atomic E-state index is 12.9. The number of rotatable bonds is 3. The van der Waals surface area contributed by atoms with Gasteiger partial charge in [-0.05, 0) is 52.1 Å². The lowest BCUT2D eigenvalue weighted by Crippen LogP contribution is -2.52. The van der Waals surface area contributed by atoms with Crippen LogP contribution in [0.5, 0.6) is 0 Å². The van der Waals surface area contributed by atoms with Crippen LogP contribution in [0.3, 0.4) is 0 Å². The summed E-state index contributed by atoms with van der Waals surface area (Å²) in [5, 5.41) is -0.338. The zero-order valence-electron chi connectivity index (χ0n) is 13.7. The number of hydrogen-bond acceptors (Lipinski definition) is 4. The average Bonchev–Trinajstić information content (AvgIpc) is 2.79. The van der Waals surface area contributed by atoms with Crippen LogP contribution in [-0.2, 0) is 14.8 Å². The zero-order chi connectivity index (χ0) is 15.6. The minimum atomic E-state index is -3.21. The fourth-order valence-electron chi connectivity index (χ4n) is 4.21. The van der Waals surface area contributed by atoms with E-state index in [0.717, 1.165) is 25.9 Å². The highest BCUT2D eigenvalue weighted by Crippen LogP contribution is 2.28. The predicted molar refractivity (Wildman–Crippen MR) is 87.4 cm³/mol. The van der Waals surface area contributed by atoms with Gasteiger partial charge in [-0.3, -0.25) is 4.90 Å². The third-order valence-corrected chi connectivity index (χ3v) is 8.00. The fourth-order valence-corrected chi connectivity index (χ4v) is 6.31. The highest BCUT2D eigenvalue weighted by atomic mass is 32.2. The molecule has 128 valence electrons. The second-order valence-electron chi connectivity index (χ2n) is 7.05. The molecule has 0 aromatic rings. The first-order chi connectivity index (χ1) is 10.6. The fraction of sp³-hybridized carbons (Fsp3) is 1.00. The largest absolute Gasteiger partial charge is 0.377 e. The Hall–Kier alpha value is -0.170. The molecule has 3 atom stereocenters. The third-order valence-electron chi connectivity index (χ3n) is 5.57. The molecule has 0 bridgehead atoms. The molecule has 6 heteroatoms. The van der Waals surface area contributed by atoms with E-state index in [0.29, 0.717) is 32.2 Å². The van der Waals surface area contributed by atoms with Crippen LogP contribution in [0.4, 0.5) is 0 Å². The van der Waals surface area contributed by atoms with E-state index in [1.54, 1.807) is 4.31 Å². The van der Waals surface area contributed by atoms with Crippen molar-refractivity contribution in [1.29, 1.82) is 0 Å². The van der Waals surface area contributed by atoms with E-state index in [-0.39, 0.29) is 11.4 Å². The lowest BCUT2D eigenvalue weighted by atomic mass is 10.1. The van der Waals surface area contributed by atoms with Crippen molar-refractivity contribution in [3.05, 3.63) is 0 Å². The van der Waals surface area contributed by atoms with E-state index in [1.807, 2.05) is 6.92 Å². The Morgan fingerprint density at radius 1 is 0.955 bits per heavy atom. The Morgan fingerprint density at radius 2 is 1.68 bits per heavy atom. The van der Waals surface area contributed by atoms with E-state index in [4.69, 9.17) is 4.74 Å². The second kappa shape index (κ2) is 7.16. The van der Waals surface area contributed by atoms with Gasteiger partial charge in [0.2, 0.25) is 10.0 Å². The minimum absolute atomic E-state index is 0.163. The molecular formula is C16H30N2O3S. The van der Waals surface area contributed by atoms with Crippen molar-refractivity contribution >= 4 is 10.0 Å². The van der Waals surface area contributed by atoms with E-state index in [9.17, 15) is 8.42 Å². The summed E-state index contributed by atoms with van der Waals surface area (Å²) in [5.74, 6) is 0. The minimum Gasteiger partial charge on any atom is -0.377 e. The average molecular weight is 330 g/mol. The highest BCUT2D eigenvalue weighted by molar-refractivity contribution is 7.89. The molecule has 0 N–H and O–H groups in total. The molecule has 3 heterocycles. The molecule has 0 aliphatic carbocycles. The van der Waals surface area contributed by atoms with Crippen LogP contribution in [0.25, 0.3) is 0 Å². The summed E-state index contributed by atoms with van der Waals surface area (Å²) in [6.07, 6.45) is 7.78. The van der Waals surface area contributed by atoms with Gasteiger partial charge in [-0.15, -0.1) is 0 Å². The molecular weight excluding hydrogens is 300 g/mol. The van der Waals surface area contributed by atoms with Crippen molar-refractivity contribution in [1.82, 2.24) is 9.21 Å². The van der Waals surface area contributed by atoms with Gasteiger partial charge in [-0.1, -0.05) is 12.8 Å². The second-order valence-corrected chi connectivity index (χ2v) is 9.20. The van der Waals surface area contributed by atoms with E-state index in [1.165, 1.54) is 25.7 Å². The lowest BCUT2D eigenvalue weighted by molar-refractivity contribution is 0.122. The Kier molecular flexibility index (Phi) is 5.43. The molecule has 3 aliphatic rings. The molecule has 0 saturated carbocycles. The molecule has 0 amide bonds. The van der Waals surface area contributed by atoms with Crippen molar-refractivity contribution in [2.45, 2.75) is 69.3 Å². The van der Waals surface area contributed by atoms with Gasteiger partial charge in [-0.2, -0.15) is 0 Å². The smallest absolute Gasteiger partial charge is 0.219 e. The van der Waals surface area contributed by atoms with Crippen molar-refractivity contribution < 1.29 is 13.2 Å². The number of sulfonamides is 1. The van der Waals surface area contributed by atoms with Gasteiger partial charge in [0.05, 0.1) is 6.10 Å².